The molecule has 0 saturated heterocycles. The van der Waals surface area contributed by atoms with E-state index >= 15 is 0 Å². The number of hydrogen-bond donors (Lipinski definition) is 2. The zero-order valence-electron chi connectivity index (χ0n) is 14.6. The van der Waals surface area contributed by atoms with Crippen molar-refractivity contribution in [2.75, 3.05) is 31.7 Å². The second-order valence-corrected chi connectivity index (χ2v) is 7.58. The third kappa shape index (κ3) is 6.62. The first-order chi connectivity index (χ1) is 10.6. The van der Waals surface area contributed by atoms with Crippen molar-refractivity contribution in [3.8, 4) is 0 Å². The fourth-order valence-corrected chi connectivity index (χ4v) is 2.17. The molecule has 0 spiro atoms. The number of carbonyl (C=O) groups excluding carboxylic acids is 2. The third-order valence-electron chi connectivity index (χ3n) is 3.64. The second kappa shape index (κ2) is 8.35. The van der Waals surface area contributed by atoms with Gasteiger partial charge in [-0.2, -0.15) is 0 Å². The molecule has 1 atom stereocenters. The summed E-state index contributed by atoms with van der Waals surface area (Å²) in [6.45, 7) is 8.16. The molecule has 0 aromatic carbocycles. The molecule has 2 amide bonds. The summed E-state index contributed by atoms with van der Waals surface area (Å²) in [4.78, 5) is 25.9. The highest BCUT2D eigenvalue weighted by atomic mass is 32.2. The van der Waals surface area contributed by atoms with Gasteiger partial charge in [0.15, 0.2) is 5.82 Å². The normalized spacial score (nSPS) is 13.0. The zero-order chi connectivity index (χ0) is 17.6. The van der Waals surface area contributed by atoms with Crippen LogP contribution in [0.4, 0.5) is 5.82 Å². The Kier molecular flexibility index (Phi) is 7.08. The van der Waals surface area contributed by atoms with Gasteiger partial charge in [-0.3, -0.25) is 9.59 Å². The summed E-state index contributed by atoms with van der Waals surface area (Å²) in [6, 6.07) is 1.64. The maximum atomic E-state index is 12.0. The van der Waals surface area contributed by atoms with Crippen LogP contribution in [0.1, 0.15) is 26.5 Å². The Morgan fingerprint density at radius 1 is 1.43 bits per heavy atom. The van der Waals surface area contributed by atoms with E-state index in [-0.39, 0.29) is 28.4 Å². The lowest BCUT2D eigenvalue weighted by atomic mass is 10.0. The van der Waals surface area contributed by atoms with Crippen molar-refractivity contribution in [1.82, 2.24) is 15.4 Å². The minimum absolute atomic E-state index is 0.0816. The van der Waals surface area contributed by atoms with Crippen molar-refractivity contribution >= 4 is 29.4 Å². The number of hydrogen-bond acceptors (Lipinski definition) is 6. The molecule has 8 heteroatoms. The van der Waals surface area contributed by atoms with Crippen LogP contribution in [0, 0.1) is 6.92 Å². The van der Waals surface area contributed by atoms with Gasteiger partial charge in [-0.25, -0.2) is 0 Å². The minimum atomic E-state index is -0.361. The lowest BCUT2D eigenvalue weighted by molar-refractivity contribution is -0.119. The van der Waals surface area contributed by atoms with Crippen LogP contribution >= 0.6 is 11.8 Å². The SMILES string of the molecule is Cc1cc(NC(=O)[C@H](C)SCC(=O)NCC(C)(C)N(C)C)no1. The molecule has 1 heterocycles. The van der Waals surface area contributed by atoms with Gasteiger partial charge in [-0.1, -0.05) is 5.16 Å². The largest absolute Gasteiger partial charge is 0.360 e. The standard InChI is InChI=1S/C15H26N4O3S/c1-10-7-12(18-22-10)17-14(21)11(2)23-8-13(20)16-9-15(3,4)19(5)6/h7,11H,8-9H2,1-6H3,(H,16,20)(H,17,18,21)/t11-/m0/s1. The molecule has 0 aliphatic rings. The number of nitrogens with zero attached hydrogens (tertiary/aromatic N) is 2. The predicted molar refractivity (Wildman–Crippen MR) is 92.6 cm³/mol. The van der Waals surface area contributed by atoms with E-state index in [9.17, 15) is 9.59 Å². The molecule has 7 nitrogen and oxygen atoms in total. The smallest absolute Gasteiger partial charge is 0.238 e. The van der Waals surface area contributed by atoms with Crippen molar-refractivity contribution in [3.63, 3.8) is 0 Å². The Morgan fingerprint density at radius 2 is 2.09 bits per heavy atom. The summed E-state index contributed by atoms with van der Waals surface area (Å²) < 4.78 is 4.89. The van der Waals surface area contributed by atoms with Crippen LogP contribution in [0.15, 0.2) is 10.6 Å². The summed E-state index contributed by atoms with van der Waals surface area (Å²) in [6.07, 6.45) is 0. The Labute approximate surface area is 141 Å². The summed E-state index contributed by atoms with van der Waals surface area (Å²) in [7, 11) is 3.94. The molecule has 1 aromatic rings. The first kappa shape index (κ1) is 19.5. The predicted octanol–water partition coefficient (Wildman–Crippen LogP) is 1.50. The second-order valence-electron chi connectivity index (χ2n) is 6.25. The van der Waals surface area contributed by atoms with E-state index in [0.29, 0.717) is 18.1 Å². The van der Waals surface area contributed by atoms with Crippen molar-refractivity contribution < 1.29 is 14.1 Å². The molecule has 1 aromatic heterocycles. The van der Waals surface area contributed by atoms with E-state index in [1.54, 1.807) is 19.9 Å². The van der Waals surface area contributed by atoms with Gasteiger partial charge in [-0.15, -0.1) is 11.8 Å². The fraction of sp³-hybridized carbons (Fsp3) is 0.667. The molecule has 0 saturated carbocycles. The maximum Gasteiger partial charge on any atom is 0.238 e. The third-order valence-corrected chi connectivity index (χ3v) is 4.78. The van der Waals surface area contributed by atoms with E-state index in [1.165, 1.54) is 11.8 Å². The van der Waals surface area contributed by atoms with Crippen LogP contribution in [0.3, 0.4) is 0 Å². The van der Waals surface area contributed by atoms with Crippen LogP contribution in [0.25, 0.3) is 0 Å². The Bertz CT molecular complexity index is 543. The van der Waals surface area contributed by atoms with Crippen molar-refractivity contribution in [2.45, 2.75) is 38.5 Å². The van der Waals surface area contributed by atoms with Crippen LogP contribution < -0.4 is 10.6 Å². The van der Waals surface area contributed by atoms with Gasteiger partial charge in [0.2, 0.25) is 11.8 Å². The molecule has 2 N–H and O–H groups in total. The fourth-order valence-electron chi connectivity index (χ4n) is 1.45. The molecule has 23 heavy (non-hydrogen) atoms. The number of aromatic nitrogens is 1. The minimum Gasteiger partial charge on any atom is -0.360 e. The number of carbonyl (C=O) groups is 2. The number of aryl methyl sites for hydroxylation is 1. The van der Waals surface area contributed by atoms with Gasteiger partial charge in [0.25, 0.3) is 0 Å². The van der Waals surface area contributed by atoms with E-state index in [2.05, 4.69) is 34.5 Å². The molecule has 130 valence electrons. The Balaban J connectivity index is 2.33. The number of anilines is 1. The highest BCUT2D eigenvalue weighted by Crippen LogP contribution is 2.14. The monoisotopic (exact) mass is 342 g/mol. The van der Waals surface area contributed by atoms with Crippen molar-refractivity contribution in [1.29, 1.82) is 0 Å². The summed E-state index contributed by atoms with van der Waals surface area (Å²) >= 11 is 1.28. The van der Waals surface area contributed by atoms with E-state index in [1.807, 2.05) is 14.1 Å². The quantitative estimate of drug-likeness (QED) is 0.744. The molecule has 0 fully saturated rings. The molecule has 0 radical (unpaired) electrons. The van der Waals surface area contributed by atoms with Crippen LogP contribution in [0.2, 0.25) is 0 Å². The van der Waals surface area contributed by atoms with E-state index in [4.69, 9.17) is 4.52 Å². The topological polar surface area (TPSA) is 87.5 Å². The van der Waals surface area contributed by atoms with Gasteiger partial charge >= 0.3 is 0 Å². The zero-order valence-corrected chi connectivity index (χ0v) is 15.4. The molecular weight excluding hydrogens is 316 g/mol. The first-order valence-electron chi connectivity index (χ1n) is 7.42. The number of likely N-dealkylation sites (N-methyl/N-ethyl adjacent to an activating group) is 1. The van der Waals surface area contributed by atoms with Crippen LogP contribution in [0.5, 0.6) is 0 Å². The lowest BCUT2D eigenvalue weighted by Crippen LogP contribution is -2.48. The molecule has 0 unspecified atom stereocenters. The van der Waals surface area contributed by atoms with Crippen LogP contribution in [-0.2, 0) is 9.59 Å². The first-order valence-corrected chi connectivity index (χ1v) is 8.46. The molecule has 0 aliphatic heterocycles. The van der Waals surface area contributed by atoms with E-state index < -0.39 is 0 Å². The van der Waals surface area contributed by atoms with Gasteiger partial charge in [0, 0.05) is 18.2 Å². The van der Waals surface area contributed by atoms with Gasteiger partial charge in [-0.05, 0) is 41.8 Å². The molecular formula is C15H26N4O3S. The number of rotatable bonds is 8. The number of nitrogens with one attached hydrogen (secondary N) is 2. The molecule has 0 aliphatic carbocycles. The molecule has 0 bridgehead atoms. The molecule has 1 rings (SSSR count). The summed E-state index contributed by atoms with van der Waals surface area (Å²) in [5.41, 5.74) is -0.117. The number of thioether (sulfide) groups is 1. The van der Waals surface area contributed by atoms with Gasteiger partial charge < -0.3 is 20.1 Å². The summed E-state index contributed by atoms with van der Waals surface area (Å²) in [5.74, 6) is 0.961. The average molecular weight is 342 g/mol. The van der Waals surface area contributed by atoms with Crippen molar-refractivity contribution in [3.05, 3.63) is 11.8 Å². The van der Waals surface area contributed by atoms with Crippen molar-refractivity contribution in [2.24, 2.45) is 0 Å². The summed E-state index contributed by atoms with van der Waals surface area (Å²) in [5, 5.41) is 8.89. The average Bonchev–Trinajstić information content (AvgIpc) is 2.87. The van der Waals surface area contributed by atoms with E-state index in [0.717, 1.165) is 0 Å². The Morgan fingerprint density at radius 3 is 2.61 bits per heavy atom. The number of amides is 2. The highest BCUT2D eigenvalue weighted by molar-refractivity contribution is 8.01. The maximum absolute atomic E-state index is 12.0. The van der Waals surface area contributed by atoms with Gasteiger partial charge in [0.1, 0.15) is 5.76 Å². The lowest BCUT2D eigenvalue weighted by Gasteiger charge is -2.32. The Hall–Kier alpha value is -1.54. The van der Waals surface area contributed by atoms with Gasteiger partial charge in [0.05, 0.1) is 11.0 Å². The van der Waals surface area contributed by atoms with Crippen LogP contribution in [-0.4, -0.2) is 59.1 Å². The highest BCUT2D eigenvalue weighted by Gasteiger charge is 2.22.